The monoisotopic (exact) mass is 266 g/mol. The third kappa shape index (κ3) is 2.64. The minimum Gasteiger partial charge on any atom is -0.389 e. The Bertz CT molecular complexity index is 451. The summed E-state index contributed by atoms with van der Waals surface area (Å²) in [6.45, 7) is 6.32. The van der Waals surface area contributed by atoms with Gasteiger partial charge in [0.25, 0.3) is 0 Å². The van der Waals surface area contributed by atoms with E-state index < -0.39 is 0 Å². The number of piperidine rings is 1. The van der Waals surface area contributed by atoms with Gasteiger partial charge in [0.05, 0.1) is 5.56 Å². The van der Waals surface area contributed by atoms with Crippen molar-refractivity contribution < 1.29 is 4.39 Å². The first-order valence-corrected chi connectivity index (χ1v) is 6.73. The molecule has 1 saturated heterocycles. The molecule has 0 saturated carbocycles. The Morgan fingerprint density at radius 2 is 1.94 bits per heavy atom. The molecule has 0 radical (unpaired) electrons. The highest BCUT2D eigenvalue weighted by molar-refractivity contribution is 7.80. The van der Waals surface area contributed by atoms with Gasteiger partial charge in [-0.3, -0.25) is 0 Å². The maximum Gasteiger partial charge on any atom is 0.135 e. The number of hydrogen-bond donors (Lipinski definition) is 1. The molecule has 0 amide bonds. The Morgan fingerprint density at radius 1 is 1.33 bits per heavy atom. The zero-order valence-corrected chi connectivity index (χ0v) is 11.6. The molecule has 1 heterocycles. The Kier molecular flexibility index (Phi) is 3.85. The van der Waals surface area contributed by atoms with E-state index in [1.54, 1.807) is 6.07 Å². The molecular formula is C14H19FN2S. The van der Waals surface area contributed by atoms with E-state index in [4.69, 9.17) is 18.0 Å². The first-order valence-electron chi connectivity index (χ1n) is 6.32. The standard InChI is InChI=1S/C14H19FN2S/c1-9-6-10(2)8-17(7-9)12-5-3-4-11(15)13(12)14(16)18/h3-5,9-10H,6-8H2,1-2H3,(H2,16,18). The lowest BCUT2D eigenvalue weighted by Gasteiger charge is -2.37. The second kappa shape index (κ2) is 5.22. The molecule has 0 aliphatic carbocycles. The largest absolute Gasteiger partial charge is 0.389 e. The van der Waals surface area contributed by atoms with E-state index in [0.29, 0.717) is 17.4 Å². The van der Waals surface area contributed by atoms with Crippen LogP contribution in [0.1, 0.15) is 25.8 Å². The van der Waals surface area contributed by atoms with Gasteiger partial charge in [-0.05, 0) is 30.4 Å². The highest BCUT2D eigenvalue weighted by atomic mass is 32.1. The second-order valence-corrected chi connectivity index (χ2v) is 5.79. The first-order chi connectivity index (χ1) is 8.49. The smallest absolute Gasteiger partial charge is 0.135 e. The lowest BCUT2D eigenvalue weighted by Crippen LogP contribution is -2.39. The van der Waals surface area contributed by atoms with Crippen molar-refractivity contribution in [2.75, 3.05) is 18.0 Å². The fourth-order valence-corrected chi connectivity index (χ4v) is 3.08. The highest BCUT2D eigenvalue weighted by Crippen LogP contribution is 2.29. The average Bonchev–Trinajstić information content (AvgIpc) is 2.26. The van der Waals surface area contributed by atoms with Crippen LogP contribution in [0.4, 0.5) is 10.1 Å². The van der Waals surface area contributed by atoms with Crippen LogP contribution in [0.15, 0.2) is 18.2 Å². The van der Waals surface area contributed by atoms with Gasteiger partial charge in [-0.15, -0.1) is 0 Å². The fraction of sp³-hybridized carbons (Fsp3) is 0.500. The summed E-state index contributed by atoms with van der Waals surface area (Å²) in [6, 6.07) is 5.04. The molecular weight excluding hydrogens is 247 g/mol. The molecule has 2 N–H and O–H groups in total. The average molecular weight is 266 g/mol. The molecule has 18 heavy (non-hydrogen) atoms. The molecule has 2 unspecified atom stereocenters. The van der Waals surface area contributed by atoms with Crippen molar-refractivity contribution in [1.29, 1.82) is 0 Å². The summed E-state index contributed by atoms with van der Waals surface area (Å²) in [6.07, 6.45) is 1.22. The van der Waals surface area contributed by atoms with Gasteiger partial charge >= 0.3 is 0 Å². The van der Waals surface area contributed by atoms with Crippen molar-refractivity contribution in [3.63, 3.8) is 0 Å². The molecule has 1 aromatic carbocycles. The summed E-state index contributed by atoms with van der Waals surface area (Å²) in [5, 5.41) is 0. The van der Waals surface area contributed by atoms with Crippen LogP contribution in [0.2, 0.25) is 0 Å². The van der Waals surface area contributed by atoms with Crippen molar-refractivity contribution >= 4 is 22.9 Å². The number of benzene rings is 1. The van der Waals surface area contributed by atoms with E-state index in [1.165, 1.54) is 12.5 Å². The minimum atomic E-state index is -0.328. The van der Waals surface area contributed by atoms with Crippen molar-refractivity contribution in [3.8, 4) is 0 Å². The number of halogens is 1. The molecule has 2 rings (SSSR count). The summed E-state index contributed by atoms with van der Waals surface area (Å²) in [4.78, 5) is 2.34. The van der Waals surface area contributed by atoms with E-state index >= 15 is 0 Å². The third-order valence-corrected chi connectivity index (χ3v) is 3.65. The Morgan fingerprint density at radius 3 is 2.50 bits per heavy atom. The van der Waals surface area contributed by atoms with Gasteiger partial charge in [0, 0.05) is 18.8 Å². The fourth-order valence-electron chi connectivity index (χ4n) is 2.88. The van der Waals surface area contributed by atoms with Crippen LogP contribution in [-0.2, 0) is 0 Å². The van der Waals surface area contributed by atoms with E-state index in [-0.39, 0.29) is 10.8 Å². The van der Waals surface area contributed by atoms with Crippen LogP contribution in [0.3, 0.4) is 0 Å². The van der Waals surface area contributed by atoms with Crippen LogP contribution >= 0.6 is 12.2 Å². The molecule has 0 bridgehead atoms. The number of nitrogens with two attached hydrogens (primary N) is 1. The van der Waals surface area contributed by atoms with Gasteiger partial charge in [-0.25, -0.2) is 4.39 Å². The molecule has 1 aliphatic rings. The zero-order chi connectivity index (χ0) is 13.3. The van der Waals surface area contributed by atoms with Gasteiger partial charge in [0.1, 0.15) is 10.8 Å². The Balaban J connectivity index is 2.38. The number of nitrogens with zero attached hydrogens (tertiary/aromatic N) is 1. The predicted molar refractivity (Wildman–Crippen MR) is 77.4 cm³/mol. The summed E-state index contributed by atoms with van der Waals surface area (Å²) < 4.78 is 13.9. The quantitative estimate of drug-likeness (QED) is 0.835. The van der Waals surface area contributed by atoms with Crippen LogP contribution in [0.5, 0.6) is 0 Å². The molecule has 1 fully saturated rings. The van der Waals surface area contributed by atoms with E-state index in [1.807, 2.05) is 6.07 Å². The maximum atomic E-state index is 13.9. The zero-order valence-electron chi connectivity index (χ0n) is 10.8. The second-order valence-electron chi connectivity index (χ2n) is 5.35. The summed E-state index contributed by atoms with van der Waals surface area (Å²) in [7, 11) is 0. The predicted octanol–water partition coefficient (Wildman–Crippen LogP) is 2.94. The number of anilines is 1. The normalized spacial score (nSPS) is 24.1. The highest BCUT2D eigenvalue weighted by Gasteiger charge is 2.25. The van der Waals surface area contributed by atoms with Crippen molar-refractivity contribution in [2.45, 2.75) is 20.3 Å². The molecule has 98 valence electrons. The van der Waals surface area contributed by atoms with Crippen molar-refractivity contribution in [2.24, 2.45) is 17.6 Å². The van der Waals surface area contributed by atoms with Crippen LogP contribution in [-0.4, -0.2) is 18.1 Å². The van der Waals surface area contributed by atoms with E-state index in [2.05, 4.69) is 18.7 Å². The maximum absolute atomic E-state index is 13.9. The lowest BCUT2D eigenvalue weighted by molar-refractivity contribution is 0.356. The van der Waals surface area contributed by atoms with E-state index in [9.17, 15) is 4.39 Å². The topological polar surface area (TPSA) is 29.3 Å². The van der Waals surface area contributed by atoms with Gasteiger partial charge in [0.2, 0.25) is 0 Å². The summed E-state index contributed by atoms with van der Waals surface area (Å²) in [5.41, 5.74) is 6.87. The minimum absolute atomic E-state index is 0.133. The van der Waals surface area contributed by atoms with Crippen molar-refractivity contribution in [3.05, 3.63) is 29.6 Å². The van der Waals surface area contributed by atoms with Crippen molar-refractivity contribution in [1.82, 2.24) is 0 Å². The first kappa shape index (κ1) is 13.3. The van der Waals surface area contributed by atoms with Gasteiger partial charge in [-0.2, -0.15) is 0 Å². The Hall–Kier alpha value is -1.16. The summed E-state index contributed by atoms with van der Waals surface area (Å²) in [5.74, 6) is 0.887. The van der Waals surface area contributed by atoms with Crippen LogP contribution in [0.25, 0.3) is 0 Å². The van der Waals surface area contributed by atoms with Crippen LogP contribution in [0, 0.1) is 17.7 Å². The SMILES string of the molecule is CC1CC(C)CN(c2cccc(F)c2C(N)=S)C1. The number of thiocarbonyl (C=S) groups is 1. The number of rotatable bonds is 2. The van der Waals surface area contributed by atoms with Gasteiger partial charge < -0.3 is 10.6 Å². The van der Waals surface area contributed by atoms with Crippen LogP contribution < -0.4 is 10.6 Å². The molecule has 2 nitrogen and oxygen atoms in total. The molecule has 4 heteroatoms. The van der Waals surface area contributed by atoms with E-state index in [0.717, 1.165) is 18.8 Å². The molecule has 0 aromatic heterocycles. The Labute approximate surface area is 113 Å². The molecule has 2 atom stereocenters. The lowest BCUT2D eigenvalue weighted by atomic mass is 9.91. The molecule has 1 aliphatic heterocycles. The molecule has 0 spiro atoms. The van der Waals surface area contributed by atoms with Gasteiger partial charge in [0.15, 0.2) is 0 Å². The molecule has 1 aromatic rings. The third-order valence-electron chi connectivity index (χ3n) is 3.45. The number of hydrogen-bond acceptors (Lipinski definition) is 2. The van der Waals surface area contributed by atoms with Gasteiger partial charge in [-0.1, -0.05) is 32.1 Å². The summed E-state index contributed by atoms with van der Waals surface area (Å²) >= 11 is 4.98.